The number of benzene rings is 9. The topological polar surface area (TPSA) is 55.6 Å². The highest BCUT2D eigenvalue weighted by Gasteiger charge is 2.21. The molecule has 9 aromatic carbocycles. The van der Waals surface area contributed by atoms with Crippen LogP contribution >= 0.6 is 0 Å². The van der Waals surface area contributed by atoms with Crippen molar-refractivity contribution in [2.75, 3.05) is 4.90 Å². The molecule has 252 valence electrons. The van der Waals surface area contributed by atoms with E-state index in [-0.39, 0.29) is 0 Å². The number of hydrogen-bond donors (Lipinski definition) is 0. The van der Waals surface area contributed by atoms with Gasteiger partial charge >= 0.3 is 0 Å². The standard InChI is InChI=1S/C49H28N2O3/c1-2-11-32-26-33(19-16-29(32)8-1)51(34-20-22-38-44(27-34)53-43-25-18-30-9-3-5-12-36(30)46(38)43)35-21-23-39-45(28-35)52-42-15-7-14-40(47(39)42)49-50-41-24-17-31-10-4-6-13-37(31)48(41)54-49/h1-28H. The van der Waals surface area contributed by atoms with Crippen LogP contribution in [0.15, 0.2) is 183 Å². The Labute approximate surface area is 307 Å². The Kier molecular flexibility index (Phi) is 5.99. The number of nitrogens with zero attached hydrogens (tertiary/aromatic N) is 2. The summed E-state index contributed by atoms with van der Waals surface area (Å²) >= 11 is 0. The Morgan fingerprint density at radius 1 is 0.370 bits per heavy atom. The first-order valence-corrected chi connectivity index (χ1v) is 18.1. The van der Waals surface area contributed by atoms with Crippen molar-refractivity contribution in [1.82, 2.24) is 4.98 Å². The van der Waals surface area contributed by atoms with Crippen LogP contribution in [0.2, 0.25) is 0 Å². The molecule has 12 aromatic rings. The number of oxazole rings is 1. The van der Waals surface area contributed by atoms with Crippen LogP contribution in [-0.2, 0) is 0 Å². The number of anilines is 3. The summed E-state index contributed by atoms with van der Waals surface area (Å²) in [5, 5.41) is 11.1. The van der Waals surface area contributed by atoms with Crippen molar-refractivity contribution >= 4 is 104 Å². The first-order valence-electron chi connectivity index (χ1n) is 18.1. The molecule has 3 aromatic heterocycles. The van der Waals surface area contributed by atoms with Crippen molar-refractivity contribution in [2.45, 2.75) is 0 Å². The number of fused-ring (bicyclic) bond motifs is 12. The molecule has 0 fully saturated rings. The van der Waals surface area contributed by atoms with Crippen LogP contribution in [0.4, 0.5) is 17.1 Å². The van der Waals surface area contributed by atoms with E-state index in [0.717, 1.165) is 93.8 Å². The highest BCUT2D eigenvalue weighted by molar-refractivity contribution is 6.19. The van der Waals surface area contributed by atoms with Gasteiger partial charge in [-0.15, -0.1) is 0 Å². The summed E-state index contributed by atoms with van der Waals surface area (Å²) in [6.07, 6.45) is 0. The van der Waals surface area contributed by atoms with Crippen LogP contribution in [0.3, 0.4) is 0 Å². The second-order valence-corrected chi connectivity index (χ2v) is 13.9. The van der Waals surface area contributed by atoms with E-state index in [1.165, 1.54) is 16.2 Å². The molecule has 5 nitrogen and oxygen atoms in total. The zero-order chi connectivity index (χ0) is 35.3. The summed E-state index contributed by atoms with van der Waals surface area (Å²) in [7, 11) is 0. The Bertz CT molecular complexity index is 3480. The molecule has 0 aliphatic rings. The van der Waals surface area contributed by atoms with Gasteiger partial charge in [0, 0.05) is 61.7 Å². The van der Waals surface area contributed by atoms with Crippen molar-refractivity contribution in [1.29, 1.82) is 0 Å². The molecule has 0 aliphatic heterocycles. The van der Waals surface area contributed by atoms with Gasteiger partial charge in [-0.05, 0) is 87.6 Å². The fraction of sp³-hybridized carbons (Fsp3) is 0. The SMILES string of the molecule is c1ccc2cc(N(c3ccc4c(c3)oc3cccc(-c5nc6ccc7ccccc7c6o5)c34)c3ccc4c(c3)oc3ccc5ccccc5c34)ccc2c1. The first-order chi connectivity index (χ1) is 26.7. The molecule has 0 unspecified atom stereocenters. The lowest BCUT2D eigenvalue weighted by atomic mass is 10.0. The molecule has 0 amide bonds. The van der Waals surface area contributed by atoms with Gasteiger partial charge in [0.05, 0.1) is 0 Å². The largest absolute Gasteiger partial charge is 0.456 e. The number of furan rings is 2. The normalized spacial score (nSPS) is 12.1. The smallest absolute Gasteiger partial charge is 0.228 e. The molecule has 5 heteroatoms. The third-order valence-electron chi connectivity index (χ3n) is 10.8. The second-order valence-electron chi connectivity index (χ2n) is 13.9. The third kappa shape index (κ3) is 4.30. The minimum Gasteiger partial charge on any atom is -0.456 e. The third-order valence-corrected chi connectivity index (χ3v) is 10.8. The molecular weight excluding hydrogens is 665 g/mol. The van der Waals surface area contributed by atoms with Crippen molar-refractivity contribution in [3.8, 4) is 11.5 Å². The first kappa shape index (κ1) is 29.2. The van der Waals surface area contributed by atoms with E-state index in [0.29, 0.717) is 5.89 Å². The minimum absolute atomic E-state index is 0.573. The molecule has 54 heavy (non-hydrogen) atoms. The van der Waals surface area contributed by atoms with Crippen LogP contribution in [0.5, 0.6) is 0 Å². The van der Waals surface area contributed by atoms with E-state index in [1.807, 2.05) is 30.3 Å². The summed E-state index contributed by atoms with van der Waals surface area (Å²) in [6, 6.07) is 59.1. The Morgan fingerprint density at radius 3 is 1.76 bits per heavy atom. The fourth-order valence-corrected chi connectivity index (χ4v) is 8.34. The number of rotatable bonds is 4. The van der Waals surface area contributed by atoms with Gasteiger partial charge < -0.3 is 18.2 Å². The summed E-state index contributed by atoms with van der Waals surface area (Å²) in [6.45, 7) is 0. The van der Waals surface area contributed by atoms with Gasteiger partial charge in [-0.2, -0.15) is 0 Å². The molecule has 0 spiro atoms. The zero-order valence-electron chi connectivity index (χ0n) is 28.8. The fourth-order valence-electron chi connectivity index (χ4n) is 8.34. The maximum atomic E-state index is 6.63. The van der Waals surface area contributed by atoms with Crippen LogP contribution in [0, 0.1) is 0 Å². The predicted octanol–water partition coefficient (Wildman–Crippen LogP) is 14.2. The molecule has 0 saturated carbocycles. The van der Waals surface area contributed by atoms with Crippen LogP contribution in [0.25, 0.3) is 98.7 Å². The van der Waals surface area contributed by atoms with Crippen LogP contribution in [0.1, 0.15) is 0 Å². The van der Waals surface area contributed by atoms with Crippen molar-refractivity contribution in [3.63, 3.8) is 0 Å². The van der Waals surface area contributed by atoms with Crippen LogP contribution in [-0.4, -0.2) is 4.98 Å². The minimum atomic E-state index is 0.573. The van der Waals surface area contributed by atoms with E-state index in [2.05, 4.69) is 144 Å². The maximum Gasteiger partial charge on any atom is 0.228 e. The van der Waals surface area contributed by atoms with E-state index in [1.54, 1.807) is 0 Å². The van der Waals surface area contributed by atoms with E-state index in [4.69, 9.17) is 18.2 Å². The lowest BCUT2D eigenvalue weighted by Crippen LogP contribution is -2.09. The monoisotopic (exact) mass is 692 g/mol. The molecular formula is C49H28N2O3. The quantitative estimate of drug-likeness (QED) is 0.184. The molecule has 0 saturated heterocycles. The molecule has 3 heterocycles. The summed E-state index contributed by atoms with van der Waals surface area (Å²) in [5.41, 5.74) is 8.77. The van der Waals surface area contributed by atoms with Crippen molar-refractivity contribution in [2.24, 2.45) is 0 Å². The summed E-state index contributed by atoms with van der Waals surface area (Å²) in [4.78, 5) is 7.23. The van der Waals surface area contributed by atoms with Crippen molar-refractivity contribution in [3.05, 3.63) is 170 Å². The number of hydrogen-bond acceptors (Lipinski definition) is 5. The van der Waals surface area contributed by atoms with Gasteiger partial charge in [0.1, 0.15) is 27.8 Å². The van der Waals surface area contributed by atoms with E-state index in [9.17, 15) is 0 Å². The highest BCUT2D eigenvalue weighted by Crippen LogP contribution is 2.44. The predicted molar refractivity (Wildman–Crippen MR) is 221 cm³/mol. The lowest BCUT2D eigenvalue weighted by molar-refractivity contribution is 0.623. The van der Waals surface area contributed by atoms with Gasteiger partial charge in [0.25, 0.3) is 0 Å². The van der Waals surface area contributed by atoms with E-state index < -0.39 is 0 Å². The van der Waals surface area contributed by atoms with Gasteiger partial charge in [-0.1, -0.05) is 97.1 Å². The number of aromatic nitrogens is 1. The Balaban J connectivity index is 1.04. The van der Waals surface area contributed by atoms with Crippen LogP contribution < -0.4 is 4.90 Å². The van der Waals surface area contributed by atoms with Gasteiger partial charge in [-0.25, -0.2) is 4.98 Å². The second kappa shape index (κ2) is 11.1. The van der Waals surface area contributed by atoms with Gasteiger partial charge in [0.2, 0.25) is 5.89 Å². The molecule has 0 radical (unpaired) electrons. The van der Waals surface area contributed by atoms with Crippen molar-refractivity contribution < 1.29 is 13.3 Å². The van der Waals surface area contributed by atoms with Gasteiger partial charge in [0.15, 0.2) is 5.58 Å². The van der Waals surface area contributed by atoms with E-state index >= 15 is 0 Å². The summed E-state index contributed by atoms with van der Waals surface area (Å²) in [5.74, 6) is 0.573. The lowest BCUT2D eigenvalue weighted by Gasteiger charge is -2.25. The molecule has 0 N–H and O–H groups in total. The zero-order valence-corrected chi connectivity index (χ0v) is 28.8. The summed E-state index contributed by atoms with van der Waals surface area (Å²) < 4.78 is 19.7. The molecule has 12 rings (SSSR count). The molecule has 0 bridgehead atoms. The molecule has 0 atom stereocenters. The Morgan fingerprint density at radius 2 is 0.963 bits per heavy atom. The maximum absolute atomic E-state index is 6.63. The average molecular weight is 693 g/mol. The highest BCUT2D eigenvalue weighted by atomic mass is 16.4. The average Bonchev–Trinajstić information content (AvgIpc) is 3.94. The Hall–Kier alpha value is -7.37. The van der Waals surface area contributed by atoms with Gasteiger partial charge in [-0.3, -0.25) is 0 Å². The molecule has 0 aliphatic carbocycles.